The Morgan fingerprint density at radius 3 is 2.75 bits per heavy atom. The number of rotatable bonds is 5. The fourth-order valence-electron chi connectivity index (χ4n) is 2.48. The first kappa shape index (κ1) is 18.3. The number of nitrogens with one attached hydrogen (secondary N) is 1. The van der Waals surface area contributed by atoms with Gasteiger partial charge in [0.1, 0.15) is 6.04 Å². The molecule has 1 heterocycles. The lowest BCUT2D eigenvalue weighted by Crippen LogP contribution is -2.45. The molecule has 0 radical (unpaired) electrons. The van der Waals surface area contributed by atoms with Crippen LogP contribution in [0.2, 0.25) is 0 Å². The minimum atomic E-state index is -4.47. The lowest BCUT2D eigenvalue weighted by Gasteiger charge is -2.19. The zero-order valence-electron chi connectivity index (χ0n) is 13.1. The third-order valence-corrected chi connectivity index (χ3v) is 3.80. The number of alkyl halides is 3. The topological polar surface area (TPSA) is 64.6 Å². The predicted octanol–water partition coefficient (Wildman–Crippen LogP) is 1.94. The summed E-state index contributed by atoms with van der Waals surface area (Å²) in [7, 11) is 1.16. The lowest BCUT2D eigenvalue weighted by molar-refractivity contribution is -0.145. The molecule has 1 aliphatic heterocycles. The zero-order chi connectivity index (χ0) is 17.7. The van der Waals surface area contributed by atoms with E-state index >= 15 is 0 Å². The lowest BCUT2D eigenvalue weighted by atomic mass is 10.0. The van der Waals surface area contributed by atoms with E-state index in [1.165, 1.54) is 12.1 Å². The number of esters is 1. The molecule has 1 aromatic rings. The van der Waals surface area contributed by atoms with Crippen LogP contribution in [0.3, 0.4) is 0 Å². The molecule has 1 N–H and O–H groups in total. The van der Waals surface area contributed by atoms with E-state index < -0.39 is 23.8 Å². The van der Waals surface area contributed by atoms with Gasteiger partial charge in [0.05, 0.1) is 25.2 Å². The van der Waals surface area contributed by atoms with Gasteiger partial charge in [-0.2, -0.15) is 13.2 Å². The van der Waals surface area contributed by atoms with Crippen LogP contribution in [0.1, 0.15) is 17.5 Å². The van der Waals surface area contributed by atoms with Crippen molar-refractivity contribution >= 4 is 11.9 Å². The summed E-state index contributed by atoms with van der Waals surface area (Å²) in [5, 5.41) is 2.54. The molecule has 8 heteroatoms. The van der Waals surface area contributed by atoms with Crippen molar-refractivity contribution in [2.75, 3.05) is 20.3 Å². The molecule has 2 rings (SSSR count). The fraction of sp³-hybridized carbons (Fsp3) is 0.500. The van der Waals surface area contributed by atoms with Crippen LogP contribution in [0.15, 0.2) is 24.3 Å². The van der Waals surface area contributed by atoms with Gasteiger partial charge in [0.25, 0.3) is 0 Å². The molecule has 0 bridgehead atoms. The van der Waals surface area contributed by atoms with E-state index in [4.69, 9.17) is 4.74 Å². The Balaban J connectivity index is 2.11. The van der Waals surface area contributed by atoms with E-state index in [0.29, 0.717) is 13.0 Å². The number of benzene rings is 1. The predicted molar refractivity (Wildman–Crippen MR) is 78.0 cm³/mol. The molecule has 1 fully saturated rings. The molecule has 0 unspecified atom stereocenters. The maximum Gasteiger partial charge on any atom is 0.416 e. The fourth-order valence-corrected chi connectivity index (χ4v) is 2.48. The van der Waals surface area contributed by atoms with Crippen LogP contribution in [-0.2, 0) is 31.7 Å². The first-order valence-corrected chi connectivity index (χ1v) is 7.43. The molecule has 1 saturated heterocycles. The normalized spacial score (nSPS) is 18.9. The van der Waals surface area contributed by atoms with Gasteiger partial charge in [0.2, 0.25) is 5.91 Å². The second-order valence-corrected chi connectivity index (χ2v) is 5.55. The van der Waals surface area contributed by atoms with E-state index in [-0.39, 0.29) is 30.4 Å². The maximum absolute atomic E-state index is 12.8. The summed E-state index contributed by atoms with van der Waals surface area (Å²) >= 11 is 0. The Hall–Kier alpha value is -2.09. The summed E-state index contributed by atoms with van der Waals surface area (Å²) in [6, 6.07) is 3.59. The number of amides is 1. The Kier molecular flexibility index (Phi) is 5.82. The molecule has 24 heavy (non-hydrogen) atoms. The number of carbonyl (C=O) groups excluding carboxylic acids is 2. The summed E-state index contributed by atoms with van der Waals surface area (Å²) in [4.78, 5) is 24.0. The van der Waals surface area contributed by atoms with E-state index in [2.05, 4.69) is 10.1 Å². The van der Waals surface area contributed by atoms with Crippen LogP contribution < -0.4 is 5.32 Å². The minimum Gasteiger partial charge on any atom is -0.467 e. The Labute approximate surface area is 137 Å². The molecule has 1 aliphatic rings. The van der Waals surface area contributed by atoms with E-state index in [1.807, 2.05) is 0 Å². The summed E-state index contributed by atoms with van der Waals surface area (Å²) < 4.78 is 48.1. The average Bonchev–Trinajstić information content (AvgIpc) is 3.07. The van der Waals surface area contributed by atoms with E-state index in [1.54, 1.807) is 0 Å². The third kappa shape index (κ3) is 4.70. The molecule has 0 aromatic heterocycles. The molecule has 1 amide bonds. The quantitative estimate of drug-likeness (QED) is 0.829. The van der Waals surface area contributed by atoms with Gasteiger partial charge in [-0.25, -0.2) is 4.79 Å². The largest absolute Gasteiger partial charge is 0.467 e. The minimum absolute atomic E-state index is 0.0874. The van der Waals surface area contributed by atoms with Crippen LogP contribution in [0.25, 0.3) is 0 Å². The highest BCUT2D eigenvalue weighted by molar-refractivity contribution is 5.86. The van der Waals surface area contributed by atoms with Crippen LogP contribution in [-0.4, -0.2) is 38.2 Å². The van der Waals surface area contributed by atoms with Crippen molar-refractivity contribution < 1.29 is 32.2 Å². The van der Waals surface area contributed by atoms with Gasteiger partial charge < -0.3 is 14.8 Å². The number of ether oxygens (including phenoxy) is 2. The van der Waals surface area contributed by atoms with Gasteiger partial charge in [-0.05, 0) is 18.1 Å². The van der Waals surface area contributed by atoms with Crippen LogP contribution >= 0.6 is 0 Å². The van der Waals surface area contributed by atoms with Crippen molar-refractivity contribution in [3.63, 3.8) is 0 Å². The molecule has 0 spiro atoms. The van der Waals surface area contributed by atoms with E-state index in [0.717, 1.165) is 19.2 Å². The standard InChI is InChI=1S/C16H18F3NO4/c1-23-15(22)13(20-14(21)11-5-6-24-9-11)8-10-3-2-4-12(7-10)16(17,18)19/h2-4,7,11,13H,5-6,8-9H2,1H3,(H,20,21)/t11-,13+/m1/s1. The van der Waals surface area contributed by atoms with Gasteiger partial charge in [0.15, 0.2) is 0 Å². The van der Waals surface area contributed by atoms with Crippen molar-refractivity contribution in [2.24, 2.45) is 5.92 Å². The smallest absolute Gasteiger partial charge is 0.416 e. The van der Waals surface area contributed by atoms with Crippen molar-refractivity contribution in [1.29, 1.82) is 0 Å². The van der Waals surface area contributed by atoms with Gasteiger partial charge in [-0.3, -0.25) is 4.79 Å². The van der Waals surface area contributed by atoms with Crippen LogP contribution in [0.4, 0.5) is 13.2 Å². The first-order chi connectivity index (χ1) is 11.3. The van der Waals surface area contributed by atoms with Gasteiger partial charge >= 0.3 is 12.1 Å². The zero-order valence-corrected chi connectivity index (χ0v) is 13.1. The van der Waals surface area contributed by atoms with Crippen molar-refractivity contribution in [3.8, 4) is 0 Å². The SMILES string of the molecule is COC(=O)[C@H](Cc1cccc(C(F)(F)F)c1)NC(=O)[C@@H]1CCOC1. The monoisotopic (exact) mass is 345 g/mol. The molecule has 0 saturated carbocycles. The van der Waals surface area contributed by atoms with Gasteiger partial charge in [-0.1, -0.05) is 18.2 Å². The molecular formula is C16H18F3NO4. The molecule has 132 valence electrons. The first-order valence-electron chi connectivity index (χ1n) is 7.43. The third-order valence-electron chi connectivity index (χ3n) is 3.80. The number of hydrogen-bond acceptors (Lipinski definition) is 4. The van der Waals surface area contributed by atoms with Crippen molar-refractivity contribution in [3.05, 3.63) is 35.4 Å². The second-order valence-electron chi connectivity index (χ2n) is 5.55. The highest BCUT2D eigenvalue weighted by atomic mass is 19.4. The second kappa shape index (κ2) is 7.65. The number of carbonyl (C=O) groups is 2. The highest BCUT2D eigenvalue weighted by Crippen LogP contribution is 2.29. The summed E-state index contributed by atoms with van der Waals surface area (Å²) in [5.41, 5.74) is -0.526. The van der Waals surface area contributed by atoms with Crippen LogP contribution in [0, 0.1) is 5.92 Å². The summed E-state index contributed by atoms with van der Waals surface area (Å²) in [6.45, 7) is 0.734. The number of hydrogen-bond donors (Lipinski definition) is 1. The number of halogens is 3. The van der Waals surface area contributed by atoms with E-state index in [9.17, 15) is 22.8 Å². The number of methoxy groups -OCH3 is 1. The van der Waals surface area contributed by atoms with Gasteiger partial charge in [0, 0.05) is 13.0 Å². The molecular weight excluding hydrogens is 327 g/mol. The molecule has 2 atom stereocenters. The Morgan fingerprint density at radius 1 is 1.42 bits per heavy atom. The average molecular weight is 345 g/mol. The Morgan fingerprint density at radius 2 is 2.17 bits per heavy atom. The summed E-state index contributed by atoms with van der Waals surface area (Å²) in [6.07, 6.45) is -4.01. The van der Waals surface area contributed by atoms with Crippen LogP contribution in [0.5, 0.6) is 0 Å². The summed E-state index contributed by atoms with van der Waals surface area (Å²) in [5.74, 6) is -1.44. The maximum atomic E-state index is 12.8. The molecule has 1 aromatic carbocycles. The van der Waals surface area contributed by atoms with Crippen molar-refractivity contribution in [2.45, 2.75) is 25.1 Å². The molecule has 0 aliphatic carbocycles. The van der Waals surface area contributed by atoms with Gasteiger partial charge in [-0.15, -0.1) is 0 Å². The van der Waals surface area contributed by atoms with Crippen molar-refractivity contribution in [1.82, 2.24) is 5.32 Å². The Bertz CT molecular complexity index is 597. The molecule has 5 nitrogen and oxygen atoms in total. The highest BCUT2D eigenvalue weighted by Gasteiger charge is 2.32.